The average Bonchev–Trinajstić information content (AvgIpc) is 2.69. The third-order valence-electron chi connectivity index (χ3n) is 4.47. The van der Waals surface area contributed by atoms with Crippen molar-refractivity contribution in [2.75, 3.05) is 11.1 Å². The highest BCUT2D eigenvalue weighted by Gasteiger charge is 2.14. The van der Waals surface area contributed by atoms with Crippen molar-refractivity contribution in [1.82, 2.24) is 9.97 Å². The Morgan fingerprint density at radius 1 is 1.14 bits per heavy atom. The lowest BCUT2D eigenvalue weighted by atomic mass is 10.1. The van der Waals surface area contributed by atoms with Crippen LogP contribution in [0.15, 0.2) is 52.4 Å². The molecule has 0 fully saturated rings. The van der Waals surface area contributed by atoms with E-state index in [1.807, 2.05) is 69.3 Å². The minimum atomic E-state index is -0.518. The summed E-state index contributed by atoms with van der Waals surface area (Å²) in [5.41, 5.74) is 4.47. The molecule has 29 heavy (non-hydrogen) atoms. The van der Waals surface area contributed by atoms with Gasteiger partial charge in [0.1, 0.15) is 11.6 Å². The first kappa shape index (κ1) is 20.4. The number of hydrogen-bond donors (Lipinski definition) is 2. The number of aryl methyl sites for hydroxylation is 3. The van der Waals surface area contributed by atoms with Crippen LogP contribution in [0, 0.1) is 32.1 Å². The fourth-order valence-electron chi connectivity index (χ4n) is 2.70. The highest BCUT2D eigenvalue weighted by molar-refractivity contribution is 7.99. The van der Waals surface area contributed by atoms with Crippen LogP contribution in [0.25, 0.3) is 11.3 Å². The molecule has 0 unspecified atom stereocenters. The summed E-state index contributed by atoms with van der Waals surface area (Å²) in [6.07, 6.45) is 0. The van der Waals surface area contributed by atoms with E-state index in [2.05, 4.69) is 15.3 Å². The fraction of sp³-hybridized carbons (Fsp3) is 0.182. The number of carbonyl (C=O) groups excluding carboxylic acids is 1. The van der Waals surface area contributed by atoms with Gasteiger partial charge in [-0.15, -0.1) is 0 Å². The molecule has 0 aliphatic carbocycles. The van der Waals surface area contributed by atoms with E-state index in [1.54, 1.807) is 0 Å². The molecule has 1 amide bonds. The summed E-state index contributed by atoms with van der Waals surface area (Å²) >= 11 is 1.11. The summed E-state index contributed by atoms with van der Waals surface area (Å²) in [4.78, 5) is 31.6. The van der Waals surface area contributed by atoms with Crippen LogP contribution in [-0.4, -0.2) is 21.6 Å². The van der Waals surface area contributed by atoms with E-state index in [9.17, 15) is 14.9 Å². The van der Waals surface area contributed by atoms with Crippen molar-refractivity contribution in [2.24, 2.45) is 0 Å². The molecular weight excluding hydrogens is 384 g/mol. The molecule has 0 radical (unpaired) electrons. The maximum Gasteiger partial charge on any atom is 0.270 e. The maximum atomic E-state index is 12.3. The number of rotatable bonds is 5. The number of nitrogens with zero attached hydrogens (tertiary/aromatic N) is 2. The second-order valence-electron chi connectivity index (χ2n) is 6.71. The van der Waals surface area contributed by atoms with Crippen molar-refractivity contribution in [2.45, 2.75) is 25.9 Å². The fourth-order valence-corrected chi connectivity index (χ4v) is 3.36. The maximum absolute atomic E-state index is 12.3. The van der Waals surface area contributed by atoms with Gasteiger partial charge in [0.05, 0.1) is 11.4 Å². The molecule has 0 saturated carbocycles. The Kier molecular flexibility index (Phi) is 6.15. The molecule has 1 heterocycles. The van der Waals surface area contributed by atoms with Crippen LogP contribution in [0.1, 0.15) is 22.3 Å². The number of aromatic amines is 1. The van der Waals surface area contributed by atoms with Crippen molar-refractivity contribution in [3.05, 3.63) is 75.1 Å². The van der Waals surface area contributed by atoms with Gasteiger partial charge in [-0.1, -0.05) is 47.7 Å². The predicted octanol–water partition coefficient (Wildman–Crippen LogP) is 3.96. The number of nitrogens with one attached hydrogen (secondary N) is 2. The molecule has 0 atom stereocenters. The van der Waals surface area contributed by atoms with E-state index < -0.39 is 5.56 Å². The van der Waals surface area contributed by atoms with E-state index in [-0.39, 0.29) is 17.2 Å². The lowest BCUT2D eigenvalue weighted by Gasteiger charge is -2.09. The van der Waals surface area contributed by atoms with Gasteiger partial charge in [0.25, 0.3) is 5.56 Å². The summed E-state index contributed by atoms with van der Waals surface area (Å²) in [7, 11) is 0. The average molecular weight is 404 g/mol. The van der Waals surface area contributed by atoms with Gasteiger partial charge in [0, 0.05) is 11.3 Å². The van der Waals surface area contributed by atoms with Gasteiger partial charge in [-0.3, -0.25) is 9.59 Å². The normalized spacial score (nSPS) is 10.4. The quantitative estimate of drug-likeness (QED) is 0.495. The molecule has 146 valence electrons. The lowest BCUT2D eigenvalue weighted by molar-refractivity contribution is -0.113. The monoisotopic (exact) mass is 404 g/mol. The third-order valence-corrected chi connectivity index (χ3v) is 5.34. The van der Waals surface area contributed by atoms with Gasteiger partial charge in [-0.2, -0.15) is 5.26 Å². The van der Waals surface area contributed by atoms with Crippen molar-refractivity contribution >= 4 is 23.4 Å². The Bertz CT molecular complexity index is 1160. The molecule has 7 heteroatoms. The number of amides is 1. The van der Waals surface area contributed by atoms with Crippen LogP contribution in [0.5, 0.6) is 0 Å². The van der Waals surface area contributed by atoms with E-state index in [4.69, 9.17) is 0 Å². The highest BCUT2D eigenvalue weighted by Crippen LogP contribution is 2.22. The van der Waals surface area contributed by atoms with Gasteiger partial charge >= 0.3 is 0 Å². The summed E-state index contributed by atoms with van der Waals surface area (Å²) in [5.74, 6) is -0.128. The van der Waals surface area contributed by atoms with Gasteiger partial charge in [-0.25, -0.2) is 4.98 Å². The largest absolute Gasteiger partial charge is 0.325 e. The second kappa shape index (κ2) is 8.76. The van der Waals surface area contributed by atoms with Gasteiger partial charge in [0.15, 0.2) is 5.16 Å². The molecule has 0 bridgehead atoms. The number of carbonyl (C=O) groups is 1. The first-order chi connectivity index (χ1) is 13.9. The van der Waals surface area contributed by atoms with Crippen LogP contribution in [0.2, 0.25) is 0 Å². The van der Waals surface area contributed by atoms with E-state index in [0.717, 1.165) is 34.1 Å². The van der Waals surface area contributed by atoms with Crippen molar-refractivity contribution in [3.8, 4) is 17.3 Å². The number of benzene rings is 2. The van der Waals surface area contributed by atoms with Gasteiger partial charge < -0.3 is 10.3 Å². The molecule has 3 rings (SSSR count). The lowest BCUT2D eigenvalue weighted by Crippen LogP contribution is -2.17. The second-order valence-corrected chi connectivity index (χ2v) is 7.67. The Labute approximate surface area is 173 Å². The molecule has 2 aromatic carbocycles. The molecule has 0 aliphatic heterocycles. The van der Waals surface area contributed by atoms with Crippen LogP contribution < -0.4 is 10.9 Å². The molecule has 0 spiro atoms. The Balaban J connectivity index is 1.78. The number of thioether (sulfide) groups is 1. The molecule has 2 N–H and O–H groups in total. The van der Waals surface area contributed by atoms with E-state index >= 15 is 0 Å². The number of anilines is 1. The molecule has 6 nitrogen and oxygen atoms in total. The van der Waals surface area contributed by atoms with Crippen LogP contribution in [0.3, 0.4) is 0 Å². The first-order valence-corrected chi connectivity index (χ1v) is 9.97. The number of H-pyrrole nitrogens is 1. The Morgan fingerprint density at radius 2 is 1.86 bits per heavy atom. The van der Waals surface area contributed by atoms with Crippen molar-refractivity contribution in [3.63, 3.8) is 0 Å². The molecule has 0 aliphatic rings. The number of aromatic nitrogens is 2. The predicted molar refractivity (Wildman–Crippen MR) is 115 cm³/mol. The first-order valence-electron chi connectivity index (χ1n) is 8.98. The number of hydrogen-bond acceptors (Lipinski definition) is 5. The Hall–Kier alpha value is -3.37. The smallest absolute Gasteiger partial charge is 0.270 e. The van der Waals surface area contributed by atoms with Crippen molar-refractivity contribution in [1.29, 1.82) is 5.26 Å². The van der Waals surface area contributed by atoms with Crippen LogP contribution in [0.4, 0.5) is 5.69 Å². The molecule has 3 aromatic rings. The highest BCUT2D eigenvalue weighted by atomic mass is 32.2. The molecule has 1 aromatic heterocycles. The summed E-state index contributed by atoms with van der Waals surface area (Å²) < 4.78 is 0. The molecule has 0 saturated heterocycles. The molecular formula is C22H20N4O2S. The summed E-state index contributed by atoms with van der Waals surface area (Å²) in [6.45, 7) is 5.95. The zero-order valence-corrected chi connectivity index (χ0v) is 17.2. The topological polar surface area (TPSA) is 98.6 Å². The summed E-state index contributed by atoms with van der Waals surface area (Å²) in [5, 5.41) is 12.5. The minimum Gasteiger partial charge on any atom is -0.325 e. The SMILES string of the molecule is Cc1ccc(-c2nc(SCC(=O)Nc3ccc(C)c(C)c3)[nH]c(=O)c2C#N)cc1. The van der Waals surface area contributed by atoms with E-state index in [0.29, 0.717) is 16.4 Å². The number of nitriles is 1. The van der Waals surface area contributed by atoms with Gasteiger partial charge in [0.2, 0.25) is 5.91 Å². The minimum absolute atomic E-state index is 0.0437. The van der Waals surface area contributed by atoms with E-state index in [1.165, 1.54) is 0 Å². The Morgan fingerprint density at radius 3 is 2.52 bits per heavy atom. The third kappa shape index (κ3) is 4.92. The summed E-state index contributed by atoms with van der Waals surface area (Å²) in [6, 6.07) is 15.0. The van der Waals surface area contributed by atoms with Gasteiger partial charge in [-0.05, 0) is 44.0 Å². The standard InChI is InChI=1S/C22H20N4O2S/c1-13-4-7-16(8-5-13)20-18(11-23)21(28)26-22(25-20)29-12-19(27)24-17-9-6-14(2)15(3)10-17/h4-10H,12H2,1-3H3,(H,24,27)(H,25,26,28). The van der Waals surface area contributed by atoms with Crippen LogP contribution >= 0.6 is 11.8 Å². The van der Waals surface area contributed by atoms with Crippen LogP contribution in [-0.2, 0) is 4.79 Å². The zero-order valence-electron chi connectivity index (χ0n) is 16.4. The van der Waals surface area contributed by atoms with Crippen molar-refractivity contribution < 1.29 is 4.79 Å². The zero-order chi connectivity index (χ0) is 21.0.